The number of benzene rings is 2. The lowest BCUT2D eigenvalue weighted by Crippen LogP contribution is -2.33. The summed E-state index contributed by atoms with van der Waals surface area (Å²) in [5.41, 5.74) is 2.67. The number of nitrogens with one attached hydrogen (secondary N) is 1. The lowest BCUT2D eigenvalue weighted by atomic mass is 10.1. The van der Waals surface area contributed by atoms with Crippen LogP contribution in [0.2, 0.25) is 5.02 Å². The summed E-state index contributed by atoms with van der Waals surface area (Å²) in [6, 6.07) is 12.2. The number of Topliss-reactive ketones (excluding diaryl/α,β-unsaturated/α-hetero) is 1. The van der Waals surface area contributed by atoms with Crippen molar-refractivity contribution in [2.24, 2.45) is 4.99 Å². The van der Waals surface area contributed by atoms with Gasteiger partial charge < -0.3 is 5.32 Å². The Labute approximate surface area is 184 Å². The summed E-state index contributed by atoms with van der Waals surface area (Å²) in [5.74, 6) is -0.463. The Balaban J connectivity index is 1.75. The standard InChI is InChI=1S/C22H22ClN3O3S/c1-4-26-21(29)19(12-20(28)25-18-11-16(23)9-8-13(18)2)30-22(26)24-17-7-5-6-15(10-17)14(3)27/h5-11,19H,4,12H2,1-3H3,(H,25,28). The van der Waals surface area contributed by atoms with Crippen molar-refractivity contribution in [3.8, 4) is 0 Å². The molecule has 2 aromatic carbocycles. The van der Waals surface area contributed by atoms with E-state index >= 15 is 0 Å². The summed E-state index contributed by atoms with van der Waals surface area (Å²) in [7, 11) is 0. The van der Waals surface area contributed by atoms with Crippen LogP contribution < -0.4 is 5.32 Å². The molecule has 0 saturated carbocycles. The average molecular weight is 444 g/mol. The Bertz CT molecular complexity index is 1040. The van der Waals surface area contributed by atoms with Crippen LogP contribution >= 0.6 is 23.4 Å². The number of rotatable bonds is 6. The first-order valence-electron chi connectivity index (χ1n) is 9.52. The number of hydrogen-bond acceptors (Lipinski definition) is 5. The third-order valence-corrected chi connectivity index (χ3v) is 6.07. The van der Waals surface area contributed by atoms with Gasteiger partial charge in [-0.25, -0.2) is 4.99 Å². The summed E-state index contributed by atoms with van der Waals surface area (Å²) >= 11 is 7.27. The molecule has 0 radical (unpaired) electrons. The third-order valence-electron chi connectivity index (χ3n) is 4.66. The van der Waals surface area contributed by atoms with Crippen LogP contribution in [0.1, 0.15) is 36.2 Å². The molecule has 1 N–H and O–H groups in total. The maximum absolute atomic E-state index is 12.8. The van der Waals surface area contributed by atoms with Crippen LogP contribution in [0.5, 0.6) is 0 Å². The number of anilines is 1. The number of halogens is 1. The van der Waals surface area contributed by atoms with E-state index in [1.165, 1.54) is 18.7 Å². The van der Waals surface area contributed by atoms with E-state index in [0.717, 1.165) is 5.56 Å². The summed E-state index contributed by atoms with van der Waals surface area (Å²) in [4.78, 5) is 43.1. The first kappa shape index (κ1) is 22.1. The van der Waals surface area contributed by atoms with Gasteiger partial charge in [-0.05, 0) is 50.6 Å². The van der Waals surface area contributed by atoms with E-state index in [2.05, 4.69) is 10.3 Å². The minimum absolute atomic E-state index is 0.0262. The summed E-state index contributed by atoms with van der Waals surface area (Å²) < 4.78 is 0. The van der Waals surface area contributed by atoms with Crippen molar-refractivity contribution in [2.45, 2.75) is 32.4 Å². The number of hydrogen-bond donors (Lipinski definition) is 1. The predicted molar refractivity (Wildman–Crippen MR) is 122 cm³/mol. The second-order valence-corrected chi connectivity index (χ2v) is 8.51. The topological polar surface area (TPSA) is 78.8 Å². The minimum atomic E-state index is -0.556. The van der Waals surface area contributed by atoms with Gasteiger partial charge in [0.05, 0.1) is 5.69 Å². The largest absolute Gasteiger partial charge is 0.326 e. The van der Waals surface area contributed by atoms with E-state index < -0.39 is 5.25 Å². The highest BCUT2D eigenvalue weighted by atomic mass is 35.5. The molecule has 0 aliphatic carbocycles. The van der Waals surface area contributed by atoms with E-state index in [-0.39, 0.29) is 24.0 Å². The molecule has 1 saturated heterocycles. The first-order chi connectivity index (χ1) is 14.3. The monoisotopic (exact) mass is 443 g/mol. The van der Waals surface area contributed by atoms with Crippen molar-refractivity contribution in [1.29, 1.82) is 0 Å². The van der Waals surface area contributed by atoms with Gasteiger partial charge in [-0.1, -0.05) is 41.6 Å². The second kappa shape index (κ2) is 9.45. The molecule has 8 heteroatoms. The molecule has 0 aromatic heterocycles. The number of carbonyl (C=O) groups excluding carboxylic acids is 3. The molecular weight excluding hydrogens is 422 g/mol. The van der Waals surface area contributed by atoms with E-state index in [1.807, 2.05) is 19.9 Å². The zero-order chi connectivity index (χ0) is 21.8. The van der Waals surface area contributed by atoms with Gasteiger partial charge in [0.2, 0.25) is 11.8 Å². The van der Waals surface area contributed by atoms with Crippen molar-refractivity contribution in [3.63, 3.8) is 0 Å². The van der Waals surface area contributed by atoms with Gasteiger partial charge in [0.15, 0.2) is 11.0 Å². The van der Waals surface area contributed by atoms with Gasteiger partial charge in [0.1, 0.15) is 5.25 Å². The number of nitrogens with zero attached hydrogens (tertiary/aromatic N) is 2. The zero-order valence-corrected chi connectivity index (χ0v) is 18.5. The van der Waals surface area contributed by atoms with Crippen LogP contribution in [0.15, 0.2) is 47.5 Å². The number of ketones is 1. The molecule has 3 rings (SSSR count). The maximum Gasteiger partial charge on any atom is 0.242 e. The molecule has 2 amide bonds. The van der Waals surface area contributed by atoms with E-state index in [1.54, 1.807) is 41.3 Å². The van der Waals surface area contributed by atoms with Crippen LogP contribution in [0.4, 0.5) is 11.4 Å². The lowest BCUT2D eigenvalue weighted by Gasteiger charge is -2.13. The van der Waals surface area contributed by atoms with Crippen molar-refractivity contribution in [2.75, 3.05) is 11.9 Å². The van der Waals surface area contributed by atoms with Crippen molar-refractivity contribution in [3.05, 3.63) is 58.6 Å². The van der Waals surface area contributed by atoms with Crippen LogP contribution in [-0.4, -0.2) is 39.5 Å². The molecule has 1 fully saturated rings. The molecule has 1 unspecified atom stereocenters. The minimum Gasteiger partial charge on any atom is -0.326 e. The molecule has 6 nitrogen and oxygen atoms in total. The Morgan fingerprint density at radius 1 is 1.23 bits per heavy atom. The lowest BCUT2D eigenvalue weighted by molar-refractivity contribution is -0.128. The molecule has 0 bridgehead atoms. The Hall–Kier alpha value is -2.64. The molecule has 30 heavy (non-hydrogen) atoms. The fraction of sp³-hybridized carbons (Fsp3) is 0.273. The Morgan fingerprint density at radius 2 is 2.00 bits per heavy atom. The van der Waals surface area contributed by atoms with Crippen LogP contribution in [0.25, 0.3) is 0 Å². The molecule has 0 spiro atoms. The Kier molecular flexibility index (Phi) is 6.95. The summed E-state index contributed by atoms with van der Waals surface area (Å²) in [5, 5.41) is 3.33. The number of aryl methyl sites for hydroxylation is 1. The number of amidine groups is 1. The van der Waals surface area contributed by atoms with Gasteiger partial charge in [-0.15, -0.1) is 0 Å². The smallest absolute Gasteiger partial charge is 0.242 e. The van der Waals surface area contributed by atoms with E-state index in [4.69, 9.17) is 11.6 Å². The highest BCUT2D eigenvalue weighted by Gasteiger charge is 2.38. The average Bonchev–Trinajstić information content (AvgIpc) is 2.98. The van der Waals surface area contributed by atoms with Gasteiger partial charge in [0.25, 0.3) is 0 Å². The highest BCUT2D eigenvalue weighted by Crippen LogP contribution is 2.32. The number of thioether (sulfide) groups is 1. The van der Waals surface area contributed by atoms with Crippen LogP contribution in [0.3, 0.4) is 0 Å². The van der Waals surface area contributed by atoms with E-state index in [9.17, 15) is 14.4 Å². The van der Waals surface area contributed by atoms with Gasteiger partial charge in [-0.3, -0.25) is 19.3 Å². The van der Waals surface area contributed by atoms with E-state index in [0.29, 0.717) is 33.7 Å². The Morgan fingerprint density at radius 3 is 2.70 bits per heavy atom. The fourth-order valence-electron chi connectivity index (χ4n) is 3.02. The third kappa shape index (κ3) is 5.09. The van der Waals surface area contributed by atoms with Gasteiger partial charge in [0, 0.05) is 29.2 Å². The molecular formula is C22H22ClN3O3S. The molecule has 1 atom stereocenters. The summed E-state index contributed by atoms with van der Waals surface area (Å²) in [6.45, 7) is 5.68. The van der Waals surface area contributed by atoms with Gasteiger partial charge >= 0.3 is 0 Å². The van der Waals surface area contributed by atoms with Crippen molar-refractivity contribution in [1.82, 2.24) is 4.90 Å². The fourth-order valence-corrected chi connectivity index (χ4v) is 4.41. The quantitative estimate of drug-likeness (QED) is 0.648. The molecule has 1 aliphatic heterocycles. The summed E-state index contributed by atoms with van der Waals surface area (Å²) in [6.07, 6.45) is 0.0262. The van der Waals surface area contributed by atoms with Crippen LogP contribution in [0, 0.1) is 6.92 Å². The highest BCUT2D eigenvalue weighted by molar-refractivity contribution is 8.15. The molecule has 2 aromatic rings. The molecule has 1 heterocycles. The number of aliphatic imine (C=N–C) groups is 1. The first-order valence-corrected chi connectivity index (χ1v) is 10.8. The maximum atomic E-state index is 12.8. The van der Waals surface area contributed by atoms with Crippen molar-refractivity contribution < 1.29 is 14.4 Å². The molecule has 156 valence electrons. The molecule has 1 aliphatic rings. The zero-order valence-electron chi connectivity index (χ0n) is 16.9. The SMILES string of the molecule is CCN1C(=O)C(CC(=O)Nc2cc(Cl)ccc2C)SC1=Nc1cccc(C(C)=O)c1. The van der Waals surface area contributed by atoms with Crippen LogP contribution in [-0.2, 0) is 9.59 Å². The number of amides is 2. The normalized spacial score (nSPS) is 17.5. The predicted octanol–water partition coefficient (Wildman–Crippen LogP) is 4.83. The second-order valence-electron chi connectivity index (χ2n) is 6.90. The number of carbonyl (C=O) groups is 3. The van der Waals surface area contributed by atoms with Gasteiger partial charge in [-0.2, -0.15) is 0 Å². The van der Waals surface area contributed by atoms with Crippen molar-refractivity contribution >= 4 is 57.5 Å².